The van der Waals surface area contributed by atoms with Gasteiger partial charge in [0.25, 0.3) is 0 Å². The molecule has 2 rings (SSSR count). The third-order valence-electron chi connectivity index (χ3n) is 2.15. The zero-order valence-corrected chi connectivity index (χ0v) is 8.88. The van der Waals surface area contributed by atoms with Crippen molar-refractivity contribution in [2.24, 2.45) is 7.05 Å². The molecule has 16 heavy (non-hydrogen) atoms. The number of carboxylic acid groups (broad SMARTS) is 1. The van der Waals surface area contributed by atoms with E-state index in [1.165, 1.54) is 6.20 Å². The van der Waals surface area contributed by atoms with Crippen LogP contribution in [0.25, 0.3) is 11.5 Å². The van der Waals surface area contributed by atoms with Crippen molar-refractivity contribution >= 4 is 5.97 Å². The average molecular weight is 218 g/mol. The van der Waals surface area contributed by atoms with Crippen LogP contribution in [0.5, 0.6) is 0 Å². The van der Waals surface area contributed by atoms with Crippen molar-refractivity contribution in [1.29, 1.82) is 0 Å². The largest absolute Gasteiger partial charge is 0.478 e. The molecule has 0 aromatic carbocycles. The Balaban J connectivity index is 2.45. The van der Waals surface area contributed by atoms with Gasteiger partial charge in [-0.05, 0) is 13.0 Å². The smallest absolute Gasteiger partial charge is 0.339 e. The van der Waals surface area contributed by atoms with E-state index in [4.69, 9.17) is 5.11 Å². The Hall–Kier alpha value is -2.24. The van der Waals surface area contributed by atoms with Crippen LogP contribution in [0.15, 0.2) is 18.5 Å². The standard InChI is InChI=1S/C10H10N4O2/c1-6-7(10(15)16)5-11-9(12-6)8-3-4-14(2)13-8/h3-5H,1-2H3,(H,15,16). The van der Waals surface area contributed by atoms with Gasteiger partial charge in [0.05, 0.1) is 11.3 Å². The number of aryl methyl sites for hydroxylation is 2. The summed E-state index contributed by atoms with van der Waals surface area (Å²) in [6, 6.07) is 1.77. The van der Waals surface area contributed by atoms with Crippen LogP contribution in [0.1, 0.15) is 16.1 Å². The lowest BCUT2D eigenvalue weighted by Gasteiger charge is -2.00. The maximum absolute atomic E-state index is 10.8. The van der Waals surface area contributed by atoms with Crippen molar-refractivity contribution in [1.82, 2.24) is 19.7 Å². The molecule has 1 N–H and O–H groups in total. The van der Waals surface area contributed by atoms with Gasteiger partial charge >= 0.3 is 5.97 Å². The monoisotopic (exact) mass is 218 g/mol. The second-order valence-electron chi connectivity index (χ2n) is 3.37. The molecule has 2 aromatic rings. The fourth-order valence-corrected chi connectivity index (χ4v) is 1.33. The molecule has 6 nitrogen and oxygen atoms in total. The van der Waals surface area contributed by atoms with Crippen molar-refractivity contribution in [3.63, 3.8) is 0 Å². The van der Waals surface area contributed by atoms with E-state index >= 15 is 0 Å². The van der Waals surface area contributed by atoms with E-state index in [9.17, 15) is 4.79 Å². The second kappa shape index (κ2) is 3.73. The number of nitrogens with zero attached hydrogens (tertiary/aromatic N) is 4. The van der Waals surface area contributed by atoms with Crippen molar-refractivity contribution in [3.8, 4) is 11.5 Å². The molecule has 2 heterocycles. The Morgan fingerprint density at radius 3 is 2.75 bits per heavy atom. The van der Waals surface area contributed by atoms with Gasteiger partial charge < -0.3 is 5.11 Å². The van der Waals surface area contributed by atoms with Gasteiger partial charge in [-0.1, -0.05) is 0 Å². The summed E-state index contributed by atoms with van der Waals surface area (Å²) in [7, 11) is 1.79. The molecule has 0 saturated heterocycles. The first kappa shape index (κ1) is 10.3. The first-order valence-corrected chi connectivity index (χ1v) is 4.65. The number of carboxylic acids is 1. The summed E-state index contributed by atoms with van der Waals surface area (Å²) in [6.07, 6.45) is 3.08. The molecule has 0 aliphatic heterocycles. The zero-order valence-electron chi connectivity index (χ0n) is 8.88. The molecule has 0 fully saturated rings. The minimum atomic E-state index is -1.02. The van der Waals surface area contributed by atoms with Gasteiger partial charge in [0.2, 0.25) is 0 Å². The van der Waals surface area contributed by atoms with Crippen LogP contribution in [0.2, 0.25) is 0 Å². The molecule has 6 heteroatoms. The van der Waals surface area contributed by atoms with E-state index in [1.54, 1.807) is 30.9 Å². The molecule has 0 spiro atoms. The number of aromatic carboxylic acids is 1. The molecule has 2 aromatic heterocycles. The lowest BCUT2D eigenvalue weighted by atomic mass is 10.2. The van der Waals surface area contributed by atoms with Gasteiger partial charge in [-0.25, -0.2) is 14.8 Å². The van der Waals surface area contributed by atoms with Crippen LogP contribution in [-0.4, -0.2) is 30.8 Å². The Morgan fingerprint density at radius 2 is 2.25 bits per heavy atom. The average Bonchev–Trinajstić information content (AvgIpc) is 2.64. The molecule has 0 unspecified atom stereocenters. The van der Waals surface area contributed by atoms with Crippen LogP contribution < -0.4 is 0 Å². The quantitative estimate of drug-likeness (QED) is 0.809. The molecule has 0 bridgehead atoms. The molecule has 0 radical (unpaired) electrons. The molecule has 0 saturated carbocycles. The summed E-state index contributed by atoms with van der Waals surface area (Å²) in [4.78, 5) is 18.9. The van der Waals surface area contributed by atoms with Gasteiger partial charge in [-0.3, -0.25) is 4.68 Å². The molecule has 82 valence electrons. The highest BCUT2D eigenvalue weighted by Crippen LogP contribution is 2.13. The first-order valence-electron chi connectivity index (χ1n) is 4.65. The van der Waals surface area contributed by atoms with Gasteiger partial charge in [0.15, 0.2) is 5.82 Å². The van der Waals surface area contributed by atoms with Crippen LogP contribution in [0.3, 0.4) is 0 Å². The summed E-state index contributed by atoms with van der Waals surface area (Å²) >= 11 is 0. The molecular formula is C10H10N4O2. The summed E-state index contributed by atoms with van der Waals surface area (Å²) in [5.41, 5.74) is 1.17. The van der Waals surface area contributed by atoms with Crippen molar-refractivity contribution < 1.29 is 9.90 Å². The maximum Gasteiger partial charge on any atom is 0.339 e. The number of aromatic nitrogens is 4. The van der Waals surface area contributed by atoms with Gasteiger partial charge in [-0.2, -0.15) is 5.10 Å². The highest BCUT2D eigenvalue weighted by molar-refractivity contribution is 5.88. The lowest BCUT2D eigenvalue weighted by Crippen LogP contribution is -2.04. The van der Waals surface area contributed by atoms with E-state index in [-0.39, 0.29) is 5.56 Å². The van der Waals surface area contributed by atoms with E-state index in [1.807, 2.05) is 0 Å². The molecule has 0 amide bonds. The fraction of sp³-hybridized carbons (Fsp3) is 0.200. The highest BCUT2D eigenvalue weighted by atomic mass is 16.4. The third kappa shape index (κ3) is 1.77. The van der Waals surface area contributed by atoms with Gasteiger partial charge in [0, 0.05) is 19.4 Å². The SMILES string of the molecule is Cc1nc(-c2ccn(C)n2)ncc1C(=O)O. The summed E-state index contributed by atoms with van der Waals surface area (Å²) in [5.74, 6) is -0.590. The summed E-state index contributed by atoms with van der Waals surface area (Å²) in [5, 5.41) is 13.0. The number of carbonyl (C=O) groups is 1. The molecule has 0 atom stereocenters. The Morgan fingerprint density at radius 1 is 1.50 bits per heavy atom. The zero-order chi connectivity index (χ0) is 11.7. The van der Waals surface area contributed by atoms with Crippen molar-refractivity contribution in [3.05, 3.63) is 29.7 Å². The van der Waals surface area contributed by atoms with E-state index in [0.29, 0.717) is 17.2 Å². The van der Waals surface area contributed by atoms with E-state index < -0.39 is 5.97 Å². The summed E-state index contributed by atoms with van der Waals surface area (Å²) in [6.45, 7) is 1.64. The van der Waals surface area contributed by atoms with E-state index in [2.05, 4.69) is 15.1 Å². The lowest BCUT2D eigenvalue weighted by molar-refractivity contribution is 0.0695. The van der Waals surface area contributed by atoms with Gasteiger partial charge in [-0.15, -0.1) is 0 Å². The number of rotatable bonds is 2. The fourth-order valence-electron chi connectivity index (χ4n) is 1.33. The Kier molecular flexibility index (Phi) is 2.40. The van der Waals surface area contributed by atoms with Crippen molar-refractivity contribution in [2.45, 2.75) is 6.92 Å². The number of hydrogen-bond acceptors (Lipinski definition) is 4. The van der Waals surface area contributed by atoms with Crippen LogP contribution in [0.4, 0.5) is 0 Å². The normalized spacial score (nSPS) is 10.4. The Labute approximate surface area is 91.6 Å². The molecule has 0 aliphatic carbocycles. The molecule has 0 aliphatic rings. The predicted molar refractivity (Wildman–Crippen MR) is 55.9 cm³/mol. The van der Waals surface area contributed by atoms with E-state index in [0.717, 1.165) is 0 Å². The highest BCUT2D eigenvalue weighted by Gasteiger charge is 2.11. The minimum absolute atomic E-state index is 0.111. The van der Waals surface area contributed by atoms with Crippen molar-refractivity contribution in [2.75, 3.05) is 0 Å². The van der Waals surface area contributed by atoms with Crippen LogP contribution in [-0.2, 0) is 7.05 Å². The Bertz CT molecular complexity index is 548. The first-order chi connectivity index (χ1) is 7.58. The predicted octanol–water partition coefficient (Wildman–Crippen LogP) is 0.884. The third-order valence-corrected chi connectivity index (χ3v) is 2.15. The minimum Gasteiger partial charge on any atom is -0.478 e. The van der Waals surface area contributed by atoms with Gasteiger partial charge in [0.1, 0.15) is 5.69 Å². The maximum atomic E-state index is 10.8. The van der Waals surface area contributed by atoms with Crippen LogP contribution >= 0.6 is 0 Å². The molecular weight excluding hydrogens is 208 g/mol. The second-order valence-corrected chi connectivity index (χ2v) is 3.37. The summed E-state index contributed by atoms with van der Waals surface area (Å²) < 4.78 is 1.64. The van der Waals surface area contributed by atoms with Crippen LogP contribution in [0, 0.1) is 6.92 Å². The topological polar surface area (TPSA) is 80.9 Å². The number of hydrogen-bond donors (Lipinski definition) is 1.